The number of nitrogens with zero attached hydrogens (tertiary/aromatic N) is 3. The Labute approximate surface area is 102 Å². The number of amides is 1. The van der Waals surface area contributed by atoms with Gasteiger partial charge in [0.25, 0.3) is 0 Å². The minimum atomic E-state index is -0.00417. The molecule has 0 saturated carbocycles. The van der Waals surface area contributed by atoms with Gasteiger partial charge in [-0.15, -0.1) is 0 Å². The quantitative estimate of drug-likeness (QED) is 0.732. The van der Waals surface area contributed by atoms with Crippen LogP contribution in [-0.4, -0.2) is 26.6 Å². The first-order chi connectivity index (χ1) is 8.08. The van der Waals surface area contributed by atoms with E-state index in [1.165, 1.54) is 6.08 Å². The average Bonchev–Trinajstić information content (AvgIpc) is 2.71. The van der Waals surface area contributed by atoms with Gasteiger partial charge in [-0.2, -0.15) is 5.10 Å². The third kappa shape index (κ3) is 1.88. The van der Waals surface area contributed by atoms with Gasteiger partial charge in [-0.05, 0) is 32.4 Å². The van der Waals surface area contributed by atoms with Gasteiger partial charge in [-0.25, -0.2) is 0 Å². The zero-order chi connectivity index (χ0) is 12.6. The van der Waals surface area contributed by atoms with E-state index in [4.69, 9.17) is 0 Å². The highest BCUT2D eigenvalue weighted by Gasteiger charge is 2.32. The molecule has 0 N–H and O–H groups in total. The van der Waals surface area contributed by atoms with Crippen molar-refractivity contribution < 1.29 is 4.79 Å². The lowest BCUT2D eigenvalue weighted by atomic mass is 10.1. The SMILES string of the molecule is C=CC(=O)N1C(C)Cn2nc(CC)cc2C1C. The van der Waals surface area contributed by atoms with E-state index in [1.54, 1.807) is 0 Å². The molecule has 0 bridgehead atoms. The molecule has 0 aromatic carbocycles. The van der Waals surface area contributed by atoms with Gasteiger partial charge in [0.1, 0.15) is 0 Å². The molecule has 0 saturated heterocycles. The Hall–Kier alpha value is -1.58. The summed E-state index contributed by atoms with van der Waals surface area (Å²) >= 11 is 0. The summed E-state index contributed by atoms with van der Waals surface area (Å²) < 4.78 is 2.03. The van der Waals surface area contributed by atoms with Crippen molar-refractivity contribution in [2.24, 2.45) is 0 Å². The highest BCUT2D eigenvalue weighted by Crippen LogP contribution is 2.29. The smallest absolute Gasteiger partial charge is 0.246 e. The fourth-order valence-electron chi connectivity index (χ4n) is 2.52. The molecule has 17 heavy (non-hydrogen) atoms. The van der Waals surface area contributed by atoms with Crippen molar-refractivity contribution in [3.63, 3.8) is 0 Å². The van der Waals surface area contributed by atoms with Crippen LogP contribution in [0.5, 0.6) is 0 Å². The molecule has 0 radical (unpaired) electrons. The van der Waals surface area contributed by atoms with Crippen molar-refractivity contribution in [3.05, 3.63) is 30.1 Å². The van der Waals surface area contributed by atoms with Gasteiger partial charge >= 0.3 is 0 Å². The summed E-state index contributed by atoms with van der Waals surface area (Å²) in [5.74, 6) is -0.00417. The molecule has 4 heteroatoms. The molecule has 1 amide bonds. The summed E-state index contributed by atoms with van der Waals surface area (Å²) in [7, 11) is 0. The van der Waals surface area contributed by atoms with Gasteiger partial charge in [-0.3, -0.25) is 9.48 Å². The highest BCUT2D eigenvalue weighted by molar-refractivity contribution is 5.87. The van der Waals surface area contributed by atoms with Crippen molar-refractivity contribution in [1.29, 1.82) is 0 Å². The number of hydrogen-bond acceptors (Lipinski definition) is 2. The van der Waals surface area contributed by atoms with Gasteiger partial charge in [0.2, 0.25) is 5.91 Å². The molecule has 1 aromatic heterocycles. The first-order valence-corrected chi connectivity index (χ1v) is 6.09. The number of rotatable bonds is 2. The second kappa shape index (κ2) is 4.35. The predicted octanol–water partition coefficient (Wildman–Crippen LogP) is 1.92. The van der Waals surface area contributed by atoms with Crippen LogP contribution in [0.1, 0.15) is 38.2 Å². The van der Waals surface area contributed by atoms with E-state index in [-0.39, 0.29) is 18.0 Å². The summed E-state index contributed by atoms with van der Waals surface area (Å²) in [6.07, 6.45) is 2.32. The van der Waals surface area contributed by atoms with Crippen molar-refractivity contribution in [2.75, 3.05) is 0 Å². The second-order valence-electron chi connectivity index (χ2n) is 4.57. The summed E-state index contributed by atoms with van der Waals surface area (Å²) in [6.45, 7) is 10.5. The molecule has 2 heterocycles. The fourth-order valence-corrected chi connectivity index (χ4v) is 2.52. The number of carbonyl (C=O) groups is 1. The molecular weight excluding hydrogens is 214 g/mol. The van der Waals surface area contributed by atoms with E-state index in [0.29, 0.717) is 0 Å². The van der Waals surface area contributed by atoms with Crippen LogP contribution in [0.15, 0.2) is 18.7 Å². The van der Waals surface area contributed by atoms with Crippen molar-refractivity contribution in [3.8, 4) is 0 Å². The number of carbonyl (C=O) groups excluding carboxylic acids is 1. The van der Waals surface area contributed by atoms with Crippen LogP contribution < -0.4 is 0 Å². The van der Waals surface area contributed by atoms with Crippen LogP contribution in [-0.2, 0) is 17.8 Å². The van der Waals surface area contributed by atoms with Crippen LogP contribution in [0.4, 0.5) is 0 Å². The van der Waals surface area contributed by atoms with Gasteiger partial charge in [-0.1, -0.05) is 13.5 Å². The Kier molecular flexibility index (Phi) is 3.05. The monoisotopic (exact) mass is 233 g/mol. The Morgan fingerprint density at radius 3 is 2.94 bits per heavy atom. The predicted molar refractivity (Wildman–Crippen MR) is 66.5 cm³/mol. The molecule has 1 aromatic rings. The second-order valence-corrected chi connectivity index (χ2v) is 4.57. The van der Waals surface area contributed by atoms with E-state index in [1.807, 2.05) is 23.4 Å². The lowest BCUT2D eigenvalue weighted by Gasteiger charge is -2.38. The van der Waals surface area contributed by atoms with Crippen LogP contribution in [0.25, 0.3) is 0 Å². The molecule has 2 unspecified atom stereocenters. The minimum Gasteiger partial charge on any atom is -0.326 e. The Balaban J connectivity index is 2.38. The molecule has 1 aliphatic heterocycles. The standard InChI is InChI=1S/C13H19N3O/c1-5-11-7-12-10(4)16(13(17)6-2)9(3)8-15(12)14-11/h6-7,9-10H,2,5,8H2,1,3-4H3. The lowest BCUT2D eigenvalue weighted by Crippen LogP contribution is -2.46. The first kappa shape index (κ1) is 11.9. The molecule has 4 nitrogen and oxygen atoms in total. The number of aryl methyl sites for hydroxylation is 1. The van der Waals surface area contributed by atoms with Crippen molar-refractivity contribution in [2.45, 2.75) is 45.8 Å². The summed E-state index contributed by atoms with van der Waals surface area (Å²) in [5.41, 5.74) is 2.21. The maximum atomic E-state index is 11.9. The zero-order valence-corrected chi connectivity index (χ0v) is 10.7. The van der Waals surface area contributed by atoms with Gasteiger partial charge in [0.05, 0.1) is 24.0 Å². The van der Waals surface area contributed by atoms with E-state index in [2.05, 4.69) is 24.7 Å². The summed E-state index contributed by atoms with van der Waals surface area (Å²) in [4.78, 5) is 13.7. The van der Waals surface area contributed by atoms with Crippen molar-refractivity contribution >= 4 is 5.91 Å². The van der Waals surface area contributed by atoms with E-state index in [9.17, 15) is 4.79 Å². The Bertz CT molecular complexity index is 450. The first-order valence-electron chi connectivity index (χ1n) is 6.09. The molecule has 0 fully saturated rings. The molecule has 0 aliphatic carbocycles. The maximum absolute atomic E-state index is 11.9. The summed E-state index contributed by atoms with van der Waals surface area (Å²) in [5, 5.41) is 4.54. The van der Waals surface area contributed by atoms with E-state index < -0.39 is 0 Å². The van der Waals surface area contributed by atoms with E-state index >= 15 is 0 Å². The van der Waals surface area contributed by atoms with Crippen molar-refractivity contribution in [1.82, 2.24) is 14.7 Å². The number of hydrogen-bond donors (Lipinski definition) is 0. The largest absolute Gasteiger partial charge is 0.326 e. The van der Waals surface area contributed by atoms with Crippen LogP contribution in [0, 0.1) is 0 Å². The van der Waals surface area contributed by atoms with Gasteiger partial charge in [0, 0.05) is 6.04 Å². The average molecular weight is 233 g/mol. The topological polar surface area (TPSA) is 38.1 Å². The third-order valence-electron chi connectivity index (χ3n) is 3.41. The van der Waals surface area contributed by atoms with E-state index in [0.717, 1.165) is 24.4 Å². The molecular formula is C13H19N3O. The summed E-state index contributed by atoms with van der Waals surface area (Å²) in [6, 6.07) is 2.32. The molecule has 2 atom stereocenters. The zero-order valence-electron chi connectivity index (χ0n) is 10.7. The normalized spacial score (nSPS) is 23.4. The van der Waals surface area contributed by atoms with Gasteiger partial charge in [0.15, 0.2) is 0 Å². The third-order valence-corrected chi connectivity index (χ3v) is 3.41. The molecule has 2 rings (SSSR count). The highest BCUT2D eigenvalue weighted by atomic mass is 16.2. The fraction of sp³-hybridized carbons (Fsp3) is 0.538. The maximum Gasteiger partial charge on any atom is 0.246 e. The minimum absolute atomic E-state index is 0.00417. The number of aromatic nitrogens is 2. The lowest BCUT2D eigenvalue weighted by molar-refractivity contribution is -0.131. The molecule has 0 spiro atoms. The Morgan fingerprint density at radius 1 is 1.65 bits per heavy atom. The molecule has 92 valence electrons. The van der Waals surface area contributed by atoms with Crippen LogP contribution >= 0.6 is 0 Å². The van der Waals surface area contributed by atoms with Gasteiger partial charge < -0.3 is 4.90 Å². The Morgan fingerprint density at radius 2 is 2.35 bits per heavy atom. The van der Waals surface area contributed by atoms with Crippen LogP contribution in [0.3, 0.4) is 0 Å². The number of fused-ring (bicyclic) bond motifs is 1. The van der Waals surface area contributed by atoms with Crippen LogP contribution in [0.2, 0.25) is 0 Å². The molecule has 1 aliphatic rings.